The molecule has 190 valence electrons. The van der Waals surface area contributed by atoms with Gasteiger partial charge in [0.15, 0.2) is 0 Å². The molecule has 36 heavy (non-hydrogen) atoms. The van der Waals surface area contributed by atoms with Crippen LogP contribution in [0.4, 0.5) is 4.79 Å². The average Bonchev–Trinajstić information content (AvgIpc) is 3.09. The molecule has 1 N–H and O–H groups in total. The second kappa shape index (κ2) is 11.3. The summed E-state index contributed by atoms with van der Waals surface area (Å²) >= 11 is 0. The minimum Gasteiger partial charge on any atom is -0.444 e. The van der Waals surface area contributed by atoms with Gasteiger partial charge in [-0.2, -0.15) is 0 Å². The van der Waals surface area contributed by atoms with Gasteiger partial charge < -0.3 is 10.1 Å². The lowest BCUT2D eigenvalue weighted by Crippen LogP contribution is -2.46. The number of nitrogens with zero attached hydrogens (tertiary/aromatic N) is 2. The number of hydrogen-bond acceptors (Lipinski definition) is 4. The van der Waals surface area contributed by atoms with Gasteiger partial charge >= 0.3 is 6.09 Å². The first kappa shape index (κ1) is 25.9. The minimum absolute atomic E-state index is 0.0805. The number of hydrogen-bond donors (Lipinski definition) is 1. The monoisotopic (exact) mass is 485 g/mol. The molecule has 1 aliphatic heterocycles. The maximum absolute atomic E-state index is 12.8. The molecule has 1 fully saturated rings. The van der Waals surface area contributed by atoms with Crippen LogP contribution in [0, 0.1) is 0 Å². The Morgan fingerprint density at radius 1 is 0.806 bits per heavy atom. The van der Waals surface area contributed by atoms with Gasteiger partial charge in [-0.05, 0) is 64.4 Å². The molecular weight excluding hydrogens is 446 g/mol. The highest BCUT2D eigenvalue weighted by Gasteiger charge is 2.45. The quantitative estimate of drug-likeness (QED) is 0.433. The zero-order valence-electron chi connectivity index (χ0n) is 22.1. The van der Waals surface area contributed by atoms with Crippen LogP contribution in [-0.4, -0.2) is 47.8 Å². The Bertz CT molecular complexity index is 1050. The SMILES string of the molecule is CN1C(C[C@@H](Cc2ccccc2)NC(=O)OC(C)(C)C)N(C)[C@@H](c2ccccc2)[C@@H]1c1ccccc1. The first-order valence-corrected chi connectivity index (χ1v) is 12.8. The maximum atomic E-state index is 12.8. The molecule has 1 heterocycles. The fraction of sp³-hybridized carbons (Fsp3) is 0.387. The fourth-order valence-electron chi connectivity index (χ4n) is 5.39. The highest BCUT2D eigenvalue weighted by Crippen LogP contribution is 2.46. The van der Waals surface area contributed by atoms with E-state index >= 15 is 0 Å². The molecule has 5 nitrogen and oxygen atoms in total. The number of benzene rings is 3. The van der Waals surface area contributed by atoms with Gasteiger partial charge in [0.25, 0.3) is 0 Å². The Hall–Kier alpha value is -3.15. The van der Waals surface area contributed by atoms with Crippen molar-refractivity contribution >= 4 is 6.09 Å². The molecule has 0 unspecified atom stereocenters. The van der Waals surface area contributed by atoms with Crippen LogP contribution in [0.3, 0.4) is 0 Å². The molecule has 0 radical (unpaired) electrons. The van der Waals surface area contributed by atoms with Crippen LogP contribution >= 0.6 is 0 Å². The first-order chi connectivity index (χ1) is 17.2. The molecule has 5 heteroatoms. The molecule has 1 aliphatic rings. The Morgan fingerprint density at radius 3 is 1.69 bits per heavy atom. The van der Waals surface area contributed by atoms with Gasteiger partial charge in [-0.3, -0.25) is 9.80 Å². The molecule has 1 amide bonds. The van der Waals surface area contributed by atoms with Crippen molar-refractivity contribution in [2.45, 2.75) is 63.5 Å². The largest absolute Gasteiger partial charge is 0.444 e. The molecule has 1 saturated heterocycles. The zero-order chi connectivity index (χ0) is 25.7. The summed E-state index contributed by atoms with van der Waals surface area (Å²) in [4.78, 5) is 17.7. The molecule has 0 bridgehead atoms. The Morgan fingerprint density at radius 2 is 1.25 bits per heavy atom. The minimum atomic E-state index is -0.543. The Kier molecular flexibility index (Phi) is 8.12. The number of ether oxygens (including phenoxy) is 1. The van der Waals surface area contributed by atoms with E-state index in [0.29, 0.717) is 0 Å². The first-order valence-electron chi connectivity index (χ1n) is 12.8. The van der Waals surface area contributed by atoms with Crippen molar-refractivity contribution in [3.8, 4) is 0 Å². The number of likely N-dealkylation sites (N-methyl/N-ethyl adjacent to an activating group) is 2. The summed E-state index contributed by atoms with van der Waals surface area (Å²) in [6.45, 7) is 5.69. The van der Waals surface area contributed by atoms with Crippen LogP contribution in [0.2, 0.25) is 0 Å². The number of amides is 1. The number of alkyl carbamates (subject to hydrolysis) is 1. The lowest BCUT2D eigenvalue weighted by molar-refractivity contribution is 0.0479. The molecule has 3 aromatic carbocycles. The lowest BCUT2D eigenvalue weighted by Gasteiger charge is -2.32. The van der Waals surface area contributed by atoms with Crippen molar-refractivity contribution < 1.29 is 9.53 Å². The van der Waals surface area contributed by atoms with Crippen molar-refractivity contribution in [2.75, 3.05) is 14.1 Å². The topological polar surface area (TPSA) is 44.8 Å². The number of carbonyl (C=O) groups is 1. The van der Waals surface area contributed by atoms with Crippen LogP contribution < -0.4 is 5.32 Å². The van der Waals surface area contributed by atoms with E-state index in [1.54, 1.807) is 0 Å². The van der Waals surface area contributed by atoms with Crippen molar-refractivity contribution in [2.24, 2.45) is 0 Å². The van der Waals surface area contributed by atoms with Gasteiger partial charge in [0.05, 0.1) is 18.2 Å². The third-order valence-corrected chi connectivity index (χ3v) is 6.94. The van der Waals surface area contributed by atoms with Crippen LogP contribution in [0.15, 0.2) is 91.0 Å². The molecule has 0 spiro atoms. The normalized spacial score (nSPS) is 20.2. The summed E-state index contributed by atoms with van der Waals surface area (Å²) in [5.41, 5.74) is 3.24. The summed E-state index contributed by atoms with van der Waals surface area (Å²) in [7, 11) is 4.41. The summed E-state index contributed by atoms with van der Waals surface area (Å²) in [6.07, 6.45) is 1.27. The second-order valence-electron chi connectivity index (χ2n) is 10.8. The fourth-order valence-corrected chi connectivity index (χ4v) is 5.39. The van der Waals surface area contributed by atoms with E-state index in [9.17, 15) is 4.79 Å². The van der Waals surface area contributed by atoms with Crippen molar-refractivity contribution in [3.63, 3.8) is 0 Å². The maximum Gasteiger partial charge on any atom is 0.407 e. The van der Waals surface area contributed by atoms with Gasteiger partial charge in [-0.25, -0.2) is 4.79 Å². The molecule has 4 rings (SSSR count). The average molecular weight is 486 g/mol. The smallest absolute Gasteiger partial charge is 0.407 e. The van der Waals surface area contributed by atoms with E-state index in [1.807, 2.05) is 39.0 Å². The molecule has 0 aromatic heterocycles. The highest BCUT2D eigenvalue weighted by atomic mass is 16.6. The van der Waals surface area contributed by atoms with Gasteiger partial charge in [0.2, 0.25) is 0 Å². The number of nitrogens with one attached hydrogen (secondary N) is 1. The van der Waals surface area contributed by atoms with Crippen LogP contribution in [0.5, 0.6) is 0 Å². The van der Waals surface area contributed by atoms with Gasteiger partial charge in [-0.1, -0.05) is 91.0 Å². The van der Waals surface area contributed by atoms with Crippen molar-refractivity contribution in [3.05, 3.63) is 108 Å². The zero-order valence-corrected chi connectivity index (χ0v) is 22.1. The van der Waals surface area contributed by atoms with Gasteiger partial charge in [-0.15, -0.1) is 0 Å². The number of carbonyl (C=O) groups excluding carboxylic acids is 1. The van der Waals surface area contributed by atoms with E-state index in [0.717, 1.165) is 12.8 Å². The van der Waals surface area contributed by atoms with E-state index in [1.165, 1.54) is 16.7 Å². The summed E-state index contributed by atoms with van der Waals surface area (Å²) in [5, 5.41) is 3.18. The summed E-state index contributed by atoms with van der Waals surface area (Å²) in [5.74, 6) is 0. The molecular formula is C31H39N3O2. The van der Waals surface area contributed by atoms with Crippen LogP contribution in [0.25, 0.3) is 0 Å². The molecule has 0 saturated carbocycles. The number of rotatable bonds is 7. The summed E-state index contributed by atoms with van der Waals surface area (Å²) in [6, 6.07) is 32.1. The van der Waals surface area contributed by atoms with E-state index in [2.05, 4.69) is 102 Å². The lowest BCUT2D eigenvalue weighted by atomic mass is 9.93. The third-order valence-electron chi connectivity index (χ3n) is 6.94. The van der Waals surface area contributed by atoms with E-state index in [4.69, 9.17) is 4.74 Å². The summed E-state index contributed by atoms with van der Waals surface area (Å²) < 4.78 is 5.63. The molecule has 3 aromatic rings. The van der Waals surface area contributed by atoms with Crippen molar-refractivity contribution in [1.29, 1.82) is 0 Å². The van der Waals surface area contributed by atoms with E-state index < -0.39 is 5.60 Å². The molecule has 0 aliphatic carbocycles. The highest BCUT2D eigenvalue weighted by molar-refractivity contribution is 5.68. The van der Waals surface area contributed by atoms with Crippen molar-refractivity contribution in [1.82, 2.24) is 15.1 Å². The van der Waals surface area contributed by atoms with Crippen LogP contribution in [0.1, 0.15) is 56.0 Å². The second-order valence-corrected chi connectivity index (χ2v) is 10.8. The Balaban J connectivity index is 1.63. The standard InChI is InChI=1S/C31H39N3O2/c1-31(2,3)36-30(35)32-26(21-23-15-9-6-10-16-23)22-27-33(4)28(24-17-11-7-12-18-24)29(34(27)5)25-19-13-8-14-20-25/h6-20,26-29H,21-22H2,1-5H3,(H,32,35)/t26-,28+,29+/m1/s1. The van der Waals surface area contributed by atoms with Crippen LogP contribution in [-0.2, 0) is 11.2 Å². The third kappa shape index (κ3) is 6.34. The predicted molar refractivity (Wildman–Crippen MR) is 146 cm³/mol. The van der Waals surface area contributed by atoms with Gasteiger partial charge in [0, 0.05) is 6.04 Å². The van der Waals surface area contributed by atoms with Gasteiger partial charge in [0.1, 0.15) is 5.60 Å². The molecule has 3 atom stereocenters. The van der Waals surface area contributed by atoms with E-state index in [-0.39, 0.29) is 30.4 Å². The Labute approximate surface area is 216 Å². The predicted octanol–water partition coefficient (Wildman–Crippen LogP) is 6.20.